The predicted octanol–water partition coefficient (Wildman–Crippen LogP) is 6.60. The van der Waals surface area contributed by atoms with Gasteiger partial charge in [0.1, 0.15) is 11.6 Å². The molecule has 0 heterocycles. The number of halogens is 1. The van der Waals surface area contributed by atoms with Gasteiger partial charge in [-0.3, -0.25) is 0 Å². The minimum atomic E-state index is -0.215. The normalized spacial score (nSPS) is 13.1. The summed E-state index contributed by atoms with van der Waals surface area (Å²) in [7, 11) is 1.64. The van der Waals surface area contributed by atoms with E-state index in [1.807, 2.05) is 61.5 Å². The molecule has 0 aliphatic heterocycles. The van der Waals surface area contributed by atoms with Gasteiger partial charge >= 0.3 is 0 Å². The molecule has 31 heavy (non-hydrogen) atoms. The zero-order chi connectivity index (χ0) is 21.6. The summed E-state index contributed by atoms with van der Waals surface area (Å²) in [5.74, 6) is 13.3. The van der Waals surface area contributed by atoms with E-state index in [1.165, 1.54) is 5.56 Å². The Hall–Kier alpha value is -3.49. The first-order chi connectivity index (χ1) is 15.1. The third kappa shape index (κ3) is 4.99. The third-order valence-electron chi connectivity index (χ3n) is 5.77. The molecule has 0 atom stereocenters. The molecular formula is C29H25FO. The summed E-state index contributed by atoms with van der Waals surface area (Å²) in [4.78, 5) is 0. The van der Waals surface area contributed by atoms with E-state index >= 15 is 4.39 Å². The number of rotatable bonds is 2. The first kappa shape index (κ1) is 20.8. The Morgan fingerprint density at radius 3 is 1.90 bits per heavy atom. The second kappa shape index (κ2) is 9.55. The molecule has 1 nitrogen and oxygen atoms in total. The molecule has 2 heteroatoms. The van der Waals surface area contributed by atoms with Crippen LogP contribution in [0.4, 0.5) is 4.39 Å². The second-order valence-corrected chi connectivity index (χ2v) is 7.96. The van der Waals surface area contributed by atoms with Gasteiger partial charge in [0.15, 0.2) is 0 Å². The lowest BCUT2D eigenvalue weighted by Gasteiger charge is -2.14. The number of methoxy groups -OCH3 is 1. The molecule has 0 spiro atoms. The van der Waals surface area contributed by atoms with Gasteiger partial charge in [0.05, 0.1) is 12.7 Å². The minimum absolute atomic E-state index is 0.210. The molecule has 0 N–H and O–H groups in total. The van der Waals surface area contributed by atoms with Gasteiger partial charge in [-0.25, -0.2) is 4.39 Å². The van der Waals surface area contributed by atoms with E-state index in [0.29, 0.717) is 5.56 Å². The molecule has 0 amide bonds. The molecule has 0 aromatic heterocycles. The number of hydrogen-bond donors (Lipinski definition) is 0. The van der Waals surface area contributed by atoms with Crippen molar-refractivity contribution in [3.05, 3.63) is 99.9 Å². The number of aryl methyl sites for hydroxylation is 1. The van der Waals surface area contributed by atoms with Gasteiger partial charge in [0.25, 0.3) is 0 Å². The maximum absolute atomic E-state index is 15.6. The van der Waals surface area contributed by atoms with Gasteiger partial charge < -0.3 is 4.74 Å². The molecule has 0 bridgehead atoms. The van der Waals surface area contributed by atoms with Gasteiger partial charge in [-0.05, 0) is 74.2 Å². The smallest absolute Gasteiger partial charge is 0.143 e. The summed E-state index contributed by atoms with van der Waals surface area (Å²) in [6.07, 6.45) is 4.27. The first-order valence-corrected chi connectivity index (χ1v) is 10.7. The van der Waals surface area contributed by atoms with Crippen LogP contribution >= 0.6 is 0 Å². The predicted molar refractivity (Wildman–Crippen MR) is 124 cm³/mol. The lowest BCUT2D eigenvalue weighted by molar-refractivity contribution is 0.415. The van der Waals surface area contributed by atoms with Crippen molar-refractivity contribution in [1.82, 2.24) is 0 Å². The van der Waals surface area contributed by atoms with Gasteiger partial charge in [0.2, 0.25) is 0 Å². The van der Waals surface area contributed by atoms with Crippen LogP contribution in [0.5, 0.6) is 5.75 Å². The Balaban J connectivity index is 1.70. The third-order valence-corrected chi connectivity index (χ3v) is 5.77. The summed E-state index contributed by atoms with van der Waals surface area (Å²) >= 11 is 0. The zero-order valence-corrected chi connectivity index (χ0v) is 18.0. The maximum Gasteiger partial charge on any atom is 0.143 e. The van der Waals surface area contributed by atoms with Crippen molar-refractivity contribution in [3.63, 3.8) is 0 Å². The Morgan fingerprint density at radius 1 is 0.742 bits per heavy atom. The van der Waals surface area contributed by atoms with Crippen molar-refractivity contribution >= 4 is 0 Å². The van der Waals surface area contributed by atoms with Crippen LogP contribution in [0, 0.1) is 36.4 Å². The van der Waals surface area contributed by atoms with E-state index in [0.717, 1.165) is 53.7 Å². The standard InChI is InChI=1S/C29H25FO/c1-21-7-9-22(10-8-21)12-16-26-18-17-25(28(29(26)30)24-5-3-4-6-24)15-11-23-13-19-27(31-2)20-14-23/h7-10,13-14,17-20,24H,3-6H2,1-2H3. The van der Waals surface area contributed by atoms with Crippen molar-refractivity contribution in [2.45, 2.75) is 38.5 Å². The van der Waals surface area contributed by atoms with Crippen LogP contribution in [0.1, 0.15) is 65.0 Å². The minimum Gasteiger partial charge on any atom is -0.497 e. The molecule has 4 rings (SSSR count). The highest BCUT2D eigenvalue weighted by molar-refractivity contribution is 5.54. The van der Waals surface area contributed by atoms with Crippen LogP contribution in [-0.4, -0.2) is 7.11 Å². The lowest BCUT2D eigenvalue weighted by Crippen LogP contribution is -2.03. The zero-order valence-electron chi connectivity index (χ0n) is 18.0. The molecule has 0 unspecified atom stereocenters. The molecule has 1 aliphatic rings. The van der Waals surface area contributed by atoms with E-state index in [1.54, 1.807) is 13.2 Å². The highest BCUT2D eigenvalue weighted by Crippen LogP contribution is 2.38. The topological polar surface area (TPSA) is 9.23 Å². The van der Waals surface area contributed by atoms with Crippen LogP contribution in [0.15, 0.2) is 60.7 Å². The number of hydrogen-bond acceptors (Lipinski definition) is 1. The molecule has 0 radical (unpaired) electrons. The second-order valence-electron chi connectivity index (χ2n) is 7.96. The highest BCUT2D eigenvalue weighted by Gasteiger charge is 2.24. The average Bonchev–Trinajstić information content (AvgIpc) is 3.33. The van der Waals surface area contributed by atoms with Gasteiger partial charge in [-0.2, -0.15) is 0 Å². The average molecular weight is 409 g/mol. The van der Waals surface area contributed by atoms with E-state index < -0.39 is 0 Å². The van der Waals surface area contributed by atoms with E-state index in [2.05, 4.69) is 23.7 Å². The van der Waals surface area contributed by atoms with E-state index in [9.17, 15) is 0 Å². The Bertz CT molecular complexity index is 1180. The quantitative estimate of drug-likeness (QED) is 0.434. The molecule has 3 aromatic carbocycles. The Labute approximate surface area is 184 Å². The Kier molecular flexibility index (Phi) is 6.40. The molecule has 1 fully saturated rings. The molecule has 3 aromatic rings. The SMILES string of the molecule is COc1ccc(C#Cc2ccc(C#Cc3ccc(C)cc3)c(F)c2C2CCCC2)cc1. The van der Waals surface area contributed by atoms with E-state index in [-0.39, 0.29) is 11.7 Å². The number of benzene rings is 3. The summed E-state index contributed by atoms with van der Waals surface area (Å²) in [6.45, 7) is 2.04. The van der Waals surface area contributed by atoms with Crippen LogP contribution in [0.2, 0.25) is 0 Å². The van der Waals surface area contributed by atoms with Gasteiger partial charge in [0, 0.05) is 22.3 Å². The maximum atomic E-state index is 15.6. The fourth-order valence-electron chi connectivity index (χ4n) is 4.00. The summed E-state index contributed by atoms with van der Waals surface area (Å²) in [6, 6.07) is 19.2. The van der Waals surface area contributed by atoms with Crippen molar-refractivity contribution in [2.75, 3.05) is 7.11 Å². The van der Waals surface area contributed by atoms with Crippen LogP contribution in [-0.2, 0) is 0 Å². The van der Waals surface area contributed by atoms with Gasteiger partial charge in [-0.15, -0.1) is 0 Å². The fourth-order valence-corrected chi connectivity index (χ4v) is 4.00. The van der Waals surface area contributed by atoms with Crippen LogP contribution in [0.25, 0.3) is 0 Å². The molecule has 1 saturated carbocycles. The van der Waals surface area contributed by atoms with Crippen LogP contribution < -0.4 is 4.74 Å². The molecule has 1 aliphatic carbocycles. The first-order valence-electron chi connectivity index (χ1n) is 10.7. The largest absolute Gasteiger partial charge is 0.497 e. The summed E-state index contributed by atoms with van der Waals surface area (Å²) in [5.41, 5.74) is 4.88. The van der Waals surface area contributed by atoms with Crippen molar-refractivity contribution in [2.24, 2.45) is 0 Å². The monoisotopic (exact) mass is 408 g/mol. The fraction of sp³-hybridized carbons (Fsp3) is 0.241. The van der Waals surface area contributed by atoms with Crippen molar-refractivity contribution in [1.29, 1.82) is 0 Å². The molecule has 0 saturated heterocycles. The van der Waals surface area contributed by atoms with Crippen molar-refractivity contribution in [3.8, 4) is 29.4 Å². The Morgan fingerprint density at radius 2 is 1.29 bits per heavy atom. The van der Waals surface area contributed by atoms with Crippen LogP contribution in [0.3, 0.4) is 0 Å². The lowest BCUT2D eigenvalue weighted by atomic mass is 9.90. The van der Waals surface area contributed by atoms with Gasteiger partial charge in [-0.1, -0.05) is 54.2 Å². The van der Waals surface area contributed by atoms with E-state index in [4.69, 9.17) is 4.74 Å². The number of ether oxygens (including phenoxy) is 1. The van der Waals surface area contributed by atoms with Crippen molar-refractivity contribution < 1.29 is 9.13 Å². The summed E-state index contributed by atoms with van der Waals surface area (Å²) in [5, 5.41) is 0. The molecular weight excluding hydrogens is 383 g/mol. The molecule has 154 valence electrons. The summed E-state index contributed by atoms with van der Waals surface area (Å²) < 4.78 is 20.8. The highest BCUT2D eigenvalue weighted by atomic mass is 19.1.